The molecular weight excluding hydrogens is 418 g/mol. The molecule has 2 fully saturated rings. The van der Waals surface area contributed by atoms with Gasteiger partial charge in [0.25, 0.3) is 5.91 Å². The number of nitrogens with zero attached hydrogens (tertiary/aromatic N) is 3. The van der Waals surface area contributed by atoms with Crippen molar-refractivity contribution in [3.05, 3.63) is 65.7 Å². The first kappa shape index (κ1) is 21.7. The van der Waals surface area contributed by atoms with Crippen molar-refractivity contribution < 1.29 is 23.2 Å². The quantitative estimate of drug-likeness (QED) is 0.739. The van der Waals surface area contributed by atoms with Crippen LogP contribution in [0.25, 0.3) is 0 Å². The van der Waals surface area contributed by atoms with E-state index in [1.807, 2.05) is 0 Å². The zero-order chi connectivity index (χ0) is 22.9. The Morgan fingerprint density at radius 1 is 0.938 bits per heavy atom. The maximum absolute atomic E-state index is 13.3. The highest BCUT2D eigenvalue weighted by Gasteiger charge is 2.49. The number of anilines is 1. The third-order valence-electron chi connectivity index (χ3n) is 6.03. The molecule has 1 N–H and O–H groups in total. The van der Waals surface area contributed by atoms with Crippen molar-refractivity contribution >= 4 is 23.5 Å². The topological polar surface area (TPSA) is 73.0 Å². The summed E-state index contributed by atoms with van der Waals surface area (Å²) < 4.78 is 26.4. The fourth-order valence-corrected chi connectivity index (χ4v) is 4.13. The molecule has 1 atom stereocenters. The molecule has 0 bridgehead atoms. The standard InChI is InChI=1S/C23H24F2N4O3/c1-23(16-3-5-17(24)6-4-16)21(31)29(22(32)26-23)15-20(30)28-12-2-11-27(13-14-28)19-9-7-18(25)8-10-19/h3-10H,2,11-15H2,1H3,(H,26,32). The molecule has 9 heteroatoms. The molecule has 0 saturated carbocycles. The minimum absolute atomic E-state index is 0.304. The number of urea groups is 1. The van der Waals surface area contributed by atoms with E-state index in [9.17, 15) is 23.2 Å². The summed E-state index contributed by atoms with van der Waals surface area (Å²) in [5.74, 6) is -1.62. The van der Waals surface area contributed by atoms with Crippen LogP contribution >= 0.6 is 0 Å². The monoisotopic (exact) mass is 442 g/mol. The van der Waals surface area contributed by atoms with Crippen LogP contribution in [0.4, 0.5) is 19.3 Å². The van der Waals surface area contributed by atoms with Crippen LogP contribution < -0.4 is 10.2 Å². The second-order valence-electron chi connectivity index (χ2n) is 8.15. The van der Waals surface area contributed by atoms with Crippen LogP contribution in [-0.4, -0.2) is 60.4 Å². The molecule has 4 rings (SSSR count). The van der Waals surface area contributed by atoms with Gasteiger partial charge in [0.1, 0.15) is 23.7 Å². The number of hydrogen-bond acceptors (Lipinski definition) is 4. The molecule has 0 radical (unpaired) electrons. The highest BCUT2D eigenvalue weighted by Crippen LogP contribution is 2.29. The first-order valence-electron chi connectivity index (χ1n) is 10.5. The lowest BCUT2D eigenvalue weighted by molar-refractivity contribution is -0.138. The van der Waals surface area contributed by atoms with Gasteiger partial charge in [-0.25, -0.2) is 13.6 Å². The zero-order valence-electron chi connectivity index (χ0n) is 17.7. The van der Waals surface area contributed by atoms with Gasteiger partial charge < -0.3 is 15.1 Å². The summed E-state index contributed by atoms with van der Waals surface area (Å²) in [5.41, 5.74) is -0.0368. The van der Waals surface area contributed by atoms with Crippen LogP contribution in [0.1, 0.15) is 18.9 Å². The maximum atomic E-state index is 13.3. The number of carbonyl (C=O) groups excluding carboxylic acids is 3. The van der Waals surface area contributed by atoms with E-state index in [0.717, 1.165) is 10.6 Å². The van der Waals surface area contributed by atoms with E-state index in [1.54, 1.807) is 17.0 Å². The molecule has 2 aliphatic rings. The summed E-state index contributed by atoms with van der Waals surface area (Å²) in [4.78, 5) is 43.1. The third-order valence-corrected chi connectivity index (χ3v) is 6.03. The lowest BCUT2D eigenvalue weighted by Crippen LogP contribution is -2.45. The summed E-state index contributed by atoms with van der Waals surface area (Å²) in [6, 6.07) is 10.9. The number of rotatable bonds is 4. The van der Waals surface area contributed by atoms with Crippen molar-refractivity contribution in [3.8, 4) is 0 Å². The lowest BCUT2D eigenvalue weighted by atomic mass is 9.92. The number of carbonyl (C=O) groups is 3. The van der Waals surface area contributed by atoms with Crippen LogP contribution in [-0.2, 0) is 15.1 Å². The molecule has 1 unspecified atom stereocenters. The maximum Gasteiger partial charge on any atom is 0.325 e. The van der Waals surface area contributed by atoms with Gasteiger partial charge in [-0.3, -0.25) is 14.5 Å². The van der Waals surface area contributed by atoms with Crippen LogP contribution in [0.5, 0.6) is 0 Å². The molecule has 2 aromatic rings. The Kier molecular flexibility index (Phi) is 5.82. The van der Waals surface area contributed by atoms with Crippen molar-refractivity contribution in [2.45, 2.75) is 18.9 Å². The van der Waals surface area contributed by atoms with E-state index in [1.165, 1.54) is 43.3 Å². The third kappa shape index (κ3) is 4.15. The predicted octanol–water partition coefficient (Wildman–Crippen LogP) is 2.47. The van der Waals surface area contributed by atoms with E-state index < -0.39 is 23.3 Å². The van der Waals surface area contributed by atoms with Gasteiger partial charge in [0.15, 0.2) is 0 Å². The van der Waals surface area contributed by atoms with E-state index in [-0.39, 0.29) is 18.3 Å². The molecule has 0 spiro atoms. The summed E-state index contributed by atoms with van der Waals surface area (Å²) in [6.07, 6.45) is 0.705. The summed E-state index contributed by atoms with van der Waals surface area (Å²) in [6.45, 7) is 3.37. The Morgan fingerprint density at radius 3 is 2.22 bits per heavy atom. The molecule has 32 heavy (non-hydrogen) atoms. The number of nitrogens with one attached hydrogen (secondary N) is 1. The Bertz CT molecular complexity index is 1030. The normalized spacial score (nSPS) is 21.5. The number of imide groups is 1. The van der Waals surface area contributed by atoms with Gasteiger partial charge in [0.2, 0.25) is 5.91 Å². The summed E-state index contributed by atoms with van der Waals surface area (Å²) in [7, 11) is 0. The number of benzene rings is 2. The Balaban J connectivity index is 1.41. The molecule has 0 aliphatic carbocycles. The second kappa shape index (κ2) is 8.57. The number of halogens is 2. The molecule has 0 aromatic heterocycles. The Hall–Kier alpha value is -3.49. The molecular formula is C23H24F2N4O3. The Morgan fingerprint density at radius 2 is 1.56 bits per heavy atom. The zero-order valence-corrected chi connectivity index (χ0v) is 17.7. The molecule has 7 nitrogen and oxygen atoms in total. The lowest BCUT2D eigenvalue weighted by Gasteiger charge is -2.25. The van der Waals surface area contributed by atoms with Crippen molar-refractivity contribution in [3.63, 3.8) is 0 Å². The van der Waals surface area contributed by atoms with E-state index in [2.05, 4.69) is 10.2 Å². The number of amides is 4. The van der Waals surface area contributed by atoms with Crippen LogP contribution in [0, 0.1) is 11.6 Å². The van der Waals surface area contributed by atoms with Crippen LogP contribution in [0.2, 0.25) is 0 Å². The molecule has 2 aliphatic heterocycles. The highest BCUT2D eigenvalue weighted by atomic mass is 19.1. The van der Waals surface area contributed by atoms with Gasteiger partial charge in [0, 0.05) is 31.9 Å². The van der Waals surface area contributed by atoms with Crippen LogP contribution in [0.3, 0.4) is 0 Å². The molecule has 2 aromatic carbocycles. The highest BCUT2D eigenvalue weighted by molar-refractivity contribution is 6.09. The first-order valence-corrected chi connectivity index (χ1v) is 10.5. The van der Waals surface area contributed by atoms with Crippen molar-refractivity contribution in [1.82, 2.24) is 15.1 Å². The fraction of sp³-hybridized carbons (Fsp3) is 0.348. The van der Waals surface area contributed by atoms with Gasteiger partial charge in [-0.2, -0.15) is 0 Å². The second-order valence-corrected chi connectivity index (χ2v) is 8.15. The molecule has 2 heterocycles. The summed E-state index contributed by atoms with van der Waals surface area (Å²) >= 11 is 0. The van der Waals surface area contributed by atoms with Crippen molar-refractivity contribution in [1.29, 1.82) is 0 Å². The van der Waals surface area contributed by atoms with Gasteiger partial charge >= 0.3 is 6.03 Å². The SMILES string of the molecule is CC1(c2ccc(F)cc2)NC(=O)N(CC(=O)N2CCCN(c3ccc(F)cc3)CC2)C1=O. The predicted molar refractivity (Wildman–Crippen MR) is 114 cm³/mol. The molecule has 2 saturated heterocycles. The molecule has 4 amide bonds. The van der Waals surface area contributed by atoms with Crippen LogP contribution in [0.15, 0.2) is 48.5 Å². The fourth-order valence-electron chi connectivity index (χ4n) is 4.13. The van der Waals surface area contributed by atoms with Crippen molar-refractivity contribution in [2.75, 3.05) is 37.6 Å². The van der Waals surface area contributed by atoms with Crippen molar-refractivity contribution in [2.24, 2.45) is 0 Å². The minimum Gasteiger partial charge on any atom is -0.370 e. The average Bonchev–Trinajstić information content (AvgIpc) is 2.95. The average molecular weight is 442 g/mol. The van der Waals surface area contributed by atoms with E-state index in [0.29, 0.717) is 38.2 Å². The largest absolute Gasteiger partial charge is 0.370 e. The Labute approximate surface area is 184 Å². The van der Waals surface area contributed by atoms with Gasteiger partial charge in [-0.1, -0.05) is 12.1 Å². The molecule has 168 valence electrons. The minimum atomic E-state index is -1.36. The van der Waals surface area contributed by atoms with E-state index in [4.69, 9.17) is 0 Å². The van der Waals surface area contributed by atoms with Gasteiger partial charge in [-0.05, 0) is 55.3 Å². The van der Waals surface area contributed by atoms with E-state index >= 15 is 0 Å². The van der Waals surface area contributed by atoms with Gasteiger partial charge in [0.05, 0.1) is 0 Å². The smallest absolute Gasteiger partial charge is 0.325 e. The van der Waals surface area contributed by atoms with Gasteiger partial charge in [-0.15, -0.1) is 0 Å². The first-order chi connectivity index (χ1) is 15.3. The number of hydrogen-bond donors (Lipinski definition) is 1. The summed E-state index contributed by atoms with van der Waals surface area (Å²) in [5, 5.41) is 2.63.